The van der Waals surface area contributed by atoms with Crippen molar-refractivity contribution in [3.05, 3.63) is 47.2 Å². The van der Waals surface area contributed by atoms with Gasteiger partial charge in [0, 0.05) is 32.3 Å². The van der Waals surface area contributed by atoms with Gasteiger partial charge < -0.3 is 14.4 Å². The van der Waals surface area contributed by atoms with E-state index < -0.39 is 10.0 Å². The number of likely N-dealkylation sites (N-methyl/N-ethyl adjacent to an activating group) is 1. The molecule has 168 valence electrons. The van der Waals surface area contributed by atoms with Crippen molar-refractivity contribution in [3.8, 4) is 5.88 Å². The molecule has 1 N–H and O–H groups in total. The van der Waals surface area contributed by atoms with Crippen LogP contribution in [0.15, 0.2) is 35.2 Å². The lowest BCUT2D eigenvalue weighted by Crippen LogP contribution is -2.28. The van der Waals surface area contributed by atoms with Crippen molar-refractivity contribution in [1.82, 2.24) is 9.88 Å². The van der Waals surface area contributed by atoms with E-state index in [0.29, 0.717) is 23.6 Å². The molecule has 0 amide bonds. The number of sulfonamides is 1. The molecule has 7 nitrogen and oxygen atoms in total. The minimum Gasteiger partial charge on any atom is -0.479 e. The molecule has 8 heteroatoms. The summed E-state index contributed by atoms with van der Waals surface area (Å²) in [4.78, 5) is 7.22. The number of pyridine rings is 1. The molecule has 1 aliphatic carbocycles. The van der Waals surface area contributed by atoms with Gasteiger partial charge in [-0.2, -0.15) is 0 Å². The summed E-state index contributed by atoms with van der Waals surface area (Å²) in [5, 5.41) is 0. The number of fused-ring (bicyclic) bond motifs is 1. The minimum absolute atomic E-state index is 0.230. The Labute approximate surface area is 184 Å². The highest BCUT2D eigenvalue weighted by atomic mass is 32.2. The Morgan fingerprint density at radius 3 is 2.48 bits per heavy atom. The summed E-state index contributed by atoms with van der Waals surface area (Å²) >= 11 is 0. The highest BCUT2D eigenvalue weighted by Gasteiger charge is 2.30. The lowest BCUT2D eigenvalue weighted by atomic mass is 9.77. The number of hydrogen-bond donors (Lipinski definition) is 1. The molecule has 1 aromatic carbocycles. The third-order valence-corrected chi connectivity index (χ3v) is 7.87. The van der Waals surface area contributed by atoms with Crippen LogP contribution in [-0.2, 0) is 27.6 Å². The van der Waals surface area contributed by atoms with Crippen LogP contribution in [0.5, 0.6) is 5.88 Å². The summed E-state index contributed by atoms with van der Waals surface area (Å²) in [6, 6.07) is 9.01. The van der Waals surface area contributed by atoms with Gasteiger partial charge in [0.05, 0.1) is 18.1 Å². The number of rotatable bonds is 7. The molecule has 0 radical (unpaired) electrons. The van der Waals surface area contributed by atoms with Crippen molar-refractivity contribution in [2.45, 2.75) is 49.5 Å². The first-order valence-corrected chi connectivity index (χ1v) is 12.4. The fourth-order valence-electron chi connectivity index (χ4n) is 4.36. The molecule has 4 rings (SSSR count). The molecule has 0 saturated heterocycles. The molecule has 1 aromatic heterocycles. The first-order chi connectivity index (χ1) is 14.9. The van der Waals surface area contributed by atoms with Crippen LogP contribution in [0.1, 0.15) is 42.5 Å². The zero-order chi connectivity index (χ0) is 22.0. The topological polar surface area (TPSA) is 80.8 Å². The number of nitrogens with one attached hydrogen (secondary N) is 1. The monoisotopic (exact) mass is 445 g/mol. The predicted molar refractivity (Wildman–Crippen MR) is 120 cm³/mol. The van der Waals surface area contributed by atoms with Crippen molar-refractivity contribution < 1.29 is 17.9 Å². The fraction of sp³-hybridized carbons (Fsp3) is 0.522. The maximum Gasteiger partial charge on any atom is 0.262 e. The zero-order valence-corrected chi connectivity index (χ0v) is 19.2. The Balaban J connectivity index is 1.53. The number of ether oxygens (including phenoxy) is 2. The van der Waals surface area contributed by atoms with Gasteiger partial charge in [0.15, 0.2) is 0 Å². The predicted octanol–water partition coefficient (Wildman–Crippen LogP) is 3.20. The number of hydrogen-bond acceptors (Lipinski definition) is 6. The van der Waals surface area contributed by atoms with Crippen LogP contribution >= 0.6 is 0 Å². The van der Waals surface area contributed by atoms with E-state index in [1.807, 2.05) is 18.2 Å². The van der Waals surface area contributed by atoms with Gasteiger partial charge in [-0.05, 0) is 61.1 Å². The third kappa shape index (κ3) is 4.71. The highest BCUT2D eigenvalue weighted by Crippen LogP contribution is 2.38. The van der Waals surface area contributed by atoms with E-state index in [1.165, 1.54) is 7.11 Å². The van der Waals surface area contributed by atoms with Crippen LogP contribution in [0, 0.1) is 0 Å². The normalized spacial score (nSPS) is 21.6. The Morgan fingerprint density at radius 2 is 1.84 bits per heavy atom. The molecular formula is C23H31N3O4S. The van der Waals surface area contributed by atoms with Gasteiger partial charge in [-0.25, -0.2) is 13.4 Å². The molecule has 2 aliphatic rings. The molecule has 0 bridgehead atoms. The molecule has 0 atom stereocenters. The van der Waals surface area contributed by atoms with Crippen LogP contribution in [0.2, 0.25) is 0 Å². The van der Waals surface area contributed by atoms with Crippen LogP contribution in [-0.4, -0.2) is 58.3 Å². The van der Waals surface area contributed by atoms with Crippen molar-refractivity contribution in [2.24, 2.45) is 0 Å². The number of aromatic nitrogens is 1. The average molecular weight is 446 g/mol. The summed E-state index contributed by atoms with van der Waals surface area (Å²) in [6.45, 7) is 5.03. The summed E-state index contributed by atoms with van der Waals surface area (Å²) in [7, 11) is -0.503. The van der Waals surface area contributed by atoms with E-state index in [1.54, 1.807) is 19.2 Å². The standard InChI is InChI=1S/C23H31N3O4S/c1-4-26-11-9-17-15-22(23(30-3)24-21(17)10-12-26)25-31(27,28)20-7-5-16(6-8-20)18-13-19(14-18)29-2/h5-8,15,18-19,25H,4,9-14H2,1-3H3. The van der Waals surface area contributed by atoms with Crippen molar-refractivity contribution in [1.29, 1.82) is 0 Å². The molecule has 0 spiro atoms. The molecule has 31 heavy (non-hydrogen) atoms. The summed E-state index contributed by atoms with van der Waals surface area (Å²) in [5.74, 6) is 0.746. The lowest BCUT2D eigenvalue weighted by molar-refractivity contribution is 0.0257. The third-order valence-electron chi connectivity index (χ3n) is 6.49. The molecule has 2 heterocycles. The van der Waals surface area contributed by atoms with E-state index in [-0.39, 0.29) is 4.90 Å². The maximum absolute atomic E-state index is 13.0. The SMILES string of the molecule is CCN1CCc2cc(NS(=O)(=O)c3ccc(C4CC(OC)C4)cc3)c(OC)nc2CC1. The van der Waals surface area contributed by atoms with Gasteiger partial charge in [0.1, 0.15) is 5.69 Å². The van der Waals surface area contributed by atoms with Crippen molar-refractivity contribution in [2.75, 3.05) is 38.6 Å². The van der Waals surface area contributed by atoms with Gasteiger partial charge in [-0.1, -0.05) is 19.1 Å². The first-order valence-electron chi connectivity index (χ1n) is 10.9. The fourth-order valence-corrected chi connectivity index (χ4v) is 5.41. The van der Waals surface area contributed by atoms with Crippen molar-refractivity contribution in [3.63, 3.8) is 0 Å². The average Bonchev–Trinajstić information content (AvgIpc) is 2.94. The largest absolute Gasteiger partial charge is 0.479 e. The second kappa shape index (κ2) is 9.14. The maximum atomic E-state index is 13.0. The van der Waals surface area contributed by atoms with Crippen LogP contribution in [0.3, 0.4) is 0 Å². The molecular weight excluding hydrogens is 414 g/mol. The second-order valence-corrected chi connectivity index (χ2v) is 9.97. The van der Waals surface area contributed by atoms with Gasteiger partial charge in [0.2, 0.25) is 5.88 Å². The van der Waals surface area contributed by atoms with E-state index >= 15 is 0 Å². The Kier molecular flexibility index (Phi) is 6.50. The molecule has 1 aliphatic heterocycles. The highest BCUT2D eigenvalue weighted by molar-refractivity contribution is 7.92. The van der Waals surface area contributed by atoms with Crippen molar-refractivity contribution >= 4 is 15.7 Å². The van der Waals surface area contributed by atoms with Gasteiger partial charge in [-0.3, -0.25) is 4.72 Å². The number of anilines is 1. The minimum atomic E-state index is -3.75. The Morgan fingerprint density at radius 1 is 1.13 bits per heavy atom. The van der Waals surface area contributed by atoms with Gasteiger partial charge >= 0.3 is 0 Å². The van der Waals surface area contributed by atoms with Crippen LogP contribution in [0.4, 0.5) is 5.69 Å². The second-order valence-electron chi connectivity index (χ2n) is 8.29. The van der Waals surface area contributed by atoms with Crippen LogP contribution < -0.4 is 9.46 Å². The summed E-state index contributed by atoms with van der Waals surface area (Å²) in [5.41, 5.74) is 3.59. The van der Waals surface area contributed by atoms with E-state index in [0.717, 1.165) is 62.1 Å². The van der Waals surface area contributed by atoms with E-state index in [9.17, 15) is 8.42 Å². The zero-order valence-electron chi connectivity index (χ0n) is 18.4. The Bertz CT molecular complexity index is 1020. The first kappa shape index (κ1) is 22.0. The molecule has 1 fully saturated rings. The number of benzene rings is 1. The molecule has 2 aromatic rings. The summed E-state index contributed by atoms with van der Waals surface area (Å²) in [6.07, 6.45) is 3.95. The smallest absolute Gasteiger partial charge is 0.262 e. The lowest BCUT2D eigenvalue weighted by Gasteiger charge is -2.34. The Hall–Kier alpha value is -2.16. The summed E-state index contributed by atoms with van der Waals surface area (Å²) < 4.78 is 39.5. The van der Waals surface area contributed by atoms with Gasteiger partial charge in [0.25, 0.3) is 10.0 Å². The molecule has 0 unspecified atom stereocenters. The number of methoxy groups -OCH3 is 2. The van der Waals surface area contributed by atoms with E-state index in [2.05, 4.69) is 21.5 Å². The molecule has 1 saturated carbocycles. The quantitative estimate of drug-likeness (QED) is 0.705. The van der Waals surface area contributed by atoms with Crippen LogP contribution in [0.25, 0.3) is 0 Å². The van der Waals surface area contributed by atoms with E-state index in [4.69, 9.17) is 9.47 Å². The number of nitrogens with zero attached hydrogens (tertiary/aromatic N) is 2. The van der Waals surface area contributed by atoms with Gasteiger partial charge in [-0.15, -0.1) is 0 Å².